The van der Waals surface area contributed by atoms with Gasteiger partial charge in [0, 0.05) is 25.3 Å². The van der Waals surface area contributed by atoms with Crippen molar-refractivity contribution in [2.24, 2.45) is 5.10 Å². The molecule has 0 aliphatic heterocycles. The summed E-state index contributed by atoms with van der Waals surface area (Å²) in [7, 11) is 3.91. The van der Waals surface area contributed by atoms with Gasteiger partial charge in [-0.25, -0.2) is 5.43 Å². The van der Waals surface area contributed by atoms with Crippen molar-refractivity contribution in [3.8, 4) is 0 Å². The number of hydrazone groups is 1. The molecule has 0 aromatic heterocycles. The molecule has 3 aromatic rings. The highest BCUT2D eigenvalue weighted by Gasteiger charge is 2.14. The first kappa shape index (κ1) is 24.2. The summed E-state index contributed by atoms with van der Waals surface area (Å²) in [6, 6.07) is 26.2. The Bertz CT molecular complexity index is 1200. The number of benzene rings is 3. The van der Waals surface area contributed by atoms with Crippen molar-refractivity contribution in [1.82, 2.24) is 10.7 Å². The summed E-state index contributed by atoms with van der Waals surface area (Å²) < 4.78 is 0. The molecular weight excluding hydrogens is 424 g/mol. The Balaban J connectivity index is 1.79. The van der Waals surface area contributed by atoms with Gasteiger partial charge in [-0.15, -0.1) is 0 Å². The van der Waals surface area contributed by atoms with Gasteiger partial charge in [0.25, 0.3) is 11.8 Å². The van der Waals surface area contributed by atoms with Gasteiger partial charge < -0.3 is 10.2 Å². The molecule has 0 unspecified atom stereocenters. The molecule has 34 heavy (non-hydrogen) atoms. The van der Waals surface area contributed by atoms with Crippen LogP contribution < -0.4 is 15.6 Å². The van der Waals surface area contributed by atoms with Crippen LogP contribution in [0.15, 0.2) is 102 Å². The Kier molecular flexibility index (Phi) is 8.52. The lowest BCUT2D eigenvalue weighted by Crippen LogP contribution is -2.33. The number of carbonyl (C=O) groups excluding carboxylic acids is 2. The van der Waals surface area contributed by atoms with Crippen LogP contribution in [0.25, 0.3) is 12.2 Å². The molecule has 172 valence electrons. The van der Waals surface area contributed by atoms with Crippen LogP contribution in [-0.4, -0.2) is 31.6 Å². The summed E-state index contributed by atoms with van der Waals surface area (Å²) in [5.74, 6) is -0.898. The van der Waals surface area contributed by atoms with Crippen LogP contribution in [0.4, 0.5) is 5.69 Å². The molecule has 2 amide bonds. The maximum Gasteiger partial charge on any atom is 0.287 e. The Labute approximate surface area is 200 Å². The van der Waals surface area contributed by atoms with Crippen molar-refractivity contribution in [2.45, 2.75) is 6.92 Å². The molecular formula is C28H28N4O2. The van der Waals surface area contributed by atoms with Gasteiger partial charge in [0.1, 0.15) is 5.70 Å². The minimum absolute atomic E-state index is 0.0926. The minimum atomic E-state index is -0.520. The summed E-state index contributed by atoms with van der Waals surface area (Å²) in [5, 5.41) is 6.86. The van der Waals surface area contributed by atoms with Gasteiger partial charge in [0.15, 0.2) is 0 Å². The number of hydrogen-bond donors (Lipinski definition) is 2. The highest BCUT2D eigenvalue weighted by Crippen LogP contribution is 2.14. The fourth-order valence-electron chi connectivity index (χ4n) is 3.00. The van der Waals surface area contributed by atoms with Crippen molar-refractivity contribution in [1.29, 1.82) is 0 Å². The van der Waals surface area contributed by atoms with Crippen LogP contribution in [0.2, 0.25) is 0 Å². The zero-order valence-electron chi connectivity index (χ0n) is 19.5. The van der Waals surface area contributed by atoms with Gasteiger partial charge in [-0.05, 0) is 54.5 Å². The van der Waals surface area contributed by atoms with Crippen LogP contribution in [0.3, 0.4) is 0 Å². The van der Waals surface area contributed by atoms with E-state index < -0.39 is 5.91 Å². The second-order valence-corrected chi connectivity index (χ2v) is 7.80. The highest BCUT2D eigenvalue weighted by molar-refractivity contribution is 6.06. The number of carbonyl (C=O) groups is 2. The number of nitrogens with zero attached hydrogens (tertiary/aromatic N) is 2. The molecule has 6 heteroatoms. The van der Waals surface area contributed by atoms with E-state index in [0.29, 0.717) is 11.3 Å². The lowest BCUT2D eigenvalue weighted by Gasteiger charge is -2.13. The van der Waals surface area contributed by atoms with E-state index in [2.05, 4.69) is 15.8 Å². The molecule has 0 heterocycles. The third kappa shape index (κ3) is 7.31. The third-order valence-corrected chi connectivity index (χ3v) is 4.90. The summed E-state index contributed by atoms with van der Waals surface area (Å²) >= 11 is 0. The normalized spacial score (nSPS) is 11.9. The third-order valence-electron chi connectivity index (χ3n) is 4.90. The Hall–Kier alpha value is -4.45. The van der Waals surface area contributed by atoms with Crippen molar-refractivity contribution in [3.63, 3.8) is 0 Å². The zero-order valence-corrected chi connectivity index (χ0v) is 19.5. The number of nitrogens with one attached hydrogen (secondary N) is 2. The number of anilines is 1. The van der Waals surface area contributed by atoms with E-state index >= 15 is 0 Å². The lowest BCUT2D eigenvalue weighted by atomic mass is 10.1. The van der Waals surface area contributed by atoms with Gasteiger partial charge in [-0.1, -0.05) is 66.7 Å². The van der Waals surface area contributed by atoms with E-state index in [4.69, 9.17) is 0 Å². The smallest absolute Gasteiger partial charge is 0.287 e. The summed E-state index contributed by atoms with van der Waals surface area (Å²) in [4.78, 5) is 27.6. The molecule has 6 nitrogen and oxygen atoms in total. The molecule has 3 aromatic carbocycles. The van der Waals surface area contributed by atoms with Crippen LogP contribution in [0.5, 0.6) is 0 Å². The van der Waals surface area contributed by atoms with Crippen LogP contribution in [-0.2, 0) is 4.79 Å². The predicted octanol–water partition coefficient (Wildman–Crippen LogP) is 4.73. The van der Waals surface area contributed by atoms with Crippen molar-refractivity contribution < 1.29 is 9.59 Å². The van der Waals surface area contributed by atoms with E-state index in [9.17, 15) is 9.59 Å². The molecule has 0 atom stereocenters. The Morgan fingerprint density at radius 3 is 2.06 bits per heavy atom. The average molecular weight is 453 g/mol. The summed E-state index contributed by atoms with van der Waals surface area (Å²) in [6.07, 6.45) is 5.34. The predicted molar refractivity (Wildman–Crippen MR) is 139 cm³/mol. The van der Waals surface area contributed by atoms with Crippen LogP contribution in [0, 0.1) is 0 Å². The number of rotatable bonds is 8. The maximum absolute atomic E-state index is 12.9. The SMILES string of the molecule is CC(/C=C/c1ccccc1)=N\NC(=O)/C(=C/c1ccc(N(C)C)cc1)NC(=O)c1ccccc1. The first-order valence-electron chi connectivity index (χ1n) is 10.9. The first-order chi connectivity index (χ1) is 16.4. The molecule has 0 aliphatic carbocycles. The van der Waals surface area contributed by atoms with Crippen molar-refractivity contribution >= 4 is 35.4 Å². The van der Waals surface area contributed by atoms with Crippen molar-refractivity contribution in [3.05, 3.63) is 113 Å². The average Bonchev–Trinajstić information content (AvgIpc) is 2.87. The van der Waals surface area contributed by atoms with E-state index in [1.54, 1.807) is 37.3 Å². The molecule has 0 aliphatic rings. The number of hydrogen-bond acceptors (Lipinski definition) is 4. The minimum Gasteiger partial charge on any atom is -0.378 e. The number of amides is 2. The van der Waals surface area contributed by atoms with Gasteiger partial charge in [-0.3, -0.25) is 9.59 Å². The molecule has 0 spiro atoms. The fourth-order valence-corrected chi connectivity index (χ4v) is 3.00. The lowest BCUT2D eigenvalue weighted by molar-refractivity contribution is -0.117. The highest BCUT2D eigenvalue weighted by atomic mass is 16.2. The zero-order chi connectivity index (χ0) is 24.3. The van der Waals surface area contributed by atoms with Gasteiger partial charge in [0.05, 0.1) is 5.71 Å². The van der Waals surface area contributed by atoms with Gasteiger partial charge >= 0.3 is 0 Å². The van der Waals surface area contributed by atoms with Crippen LogP contribution in [0.1, 0.15) is 28.4 Å². The second kappa shape index (κ2) is 12.0. The van der Waals surface area contributed by atoms with Crippen LogP contribution >= 0.6 is 0 Å². The molecule has 0 fully saturated rings. The standard InChI is InChI=1S/C28H28N4O2/c1-21(14-15-22-10-6-4-7-11-22)30-31-28(34)26(29-27(33)24-12-8-5-9-13-24)20-23-16-18-25(19-17-23)32(2)3/h4-20H,1-3H3,(H,29,33)(H,31,34)/b15-14+,26-20-,30-21+. The summed E-state index contributed by atoms with van der Waals surface area (Å²) in [5.41, 5.74) is 6.52. The number of allylic oxidation sites excluding steroid dienone is 1. The monoisotopic (exact) mass is 452 g/mol. The quantitative estimate of drug-likeness (QED) is 0.295. The molecule has 0 radical (unpaired) electrons. The molecule has 0 saturated carbocycles. The van der Waals surface area contributed by atoms with E-state index in [1.807, 2.05) is 91.8 Å². The molecule has 0 saturated heterocycles. The van der Waals surface area contributed by atoms with E-state index in [0.717, 1.165) is 16.8 Å². The Morgan fingerprint density at radius 2 is 1.44 bits per heavy atom. The van der Waals surface area contributed by atoms with Crippen molar-refractivity contribution in [2.75, 3.05) is 19.0 Å². The second-order valence-electron chi connectivity index (χ2n) is 7.80. The first-order valence-corrected chi connectivity index (χ1v) is 10.9. The maximum atomic E-state index is 12.9. The summed E-state index contributed by atoms with van der Waals surface area (Å²) in [6.45, 7) is 1.78. The molecule has 0 bridgehead atoms. The Morgan fingerprint density at radius 1 is 0.824 bits per heavy atom. The van der Waals surface area contributed by atoms with E-state index in [-0.39, 0.29) is 11.6 Å². The molecule has 3 rings (SSSR count). The van der Waals surface area contributed by atoms with Gasteiger partial charge in [-0.2, -0.15) is 5.10 Å². The van der Waals surface area contributed by atoms with Gasteiger partial charge in [0.2, 0.25) is 0 Å². The van der Waals surface area contributed by atoms with E-state index in [1.165, 1.54) is 0 Å². The molecule has 2 N–H and O–H groups in total. The topological polar surface area (TPSA) is 73.8 Å². The fraction of sp³-hybridized carbons (Fsp3) is 0.107. The largest absolute Gasteiger partial charge is 0.378 e.